The van der Waals surface area contributed by atoms with Gasteiger partial charge in [-0.25, -0.2) is 23.9 Å². The van der Waals surface area contributed by atoms with Crippen LogP contribution in [0.3, 0.4) is 0 Å². The highest BCUT2D eigenvalue weighted by molar-refractivity contribution is 5.89. The maximum absolute atomic E-state index is 15.7. The van der Waals surface area contributed by atoms with Crippen LogP contribution >= 0.6 is 0 Å². The lowest BCUT2D eigenvalue weighted by Crippen LogP contribution is -2.48. The minimum Gasteiger partial charge on any atom is -0.461 e. The second kappa shape index (κ2) is 9.51. The van der Waals surface area contributed by atoms with Crippen molar-refractivity contribution < 1.29 is 23.5 Å². The van der Waals surface area contributed by atoms with E-state index in [9.17, 15) is 9.59 Å². The van der Waals surface area contributed by atoms with Gasteiger partial charge in [0.15, 0.2) is 17.2 Å². The van der Waals surface area contributed by atoms with Gasteiger partial charge in [-0.2, -0.15) is 5.10 Å². The number of imidazole rings is 1. The number of piperidine rings is 1. The van der Waals surface area contributed by atoms with Gasteiger partial charge in [-0.15, -0.1) is 0 Å². The topological polar surface area (TPSA) is 127 Å². The molecule has 1 saturated heterocycles. The first-order valence-corrected chi connectivity index (χ1v) is 11.5. The van der Waals surface area contributed by atoms with Crippen molar-refractivity contribution in [2.75, 3.05) is 31.6 Å². The molecule has 35 heavy (non-hydrogen) atoms. The lowest BCUT2D eigenvalue weighted by molar-refractivity contribution is 0.00572. The molecule has 1 amide bonds. The Hall–Kier alpha value is -3.70. The molecule has 4 rings (SSSR count). The summed E-state index contributed by atoms with van der Waals surface area (Å²) >= 11 is 0. The minimum atomic E-state index is -1.56. The maximum Gasteiger partial charge on any atom is 0.410 e. The number of hydrogen-bond donors (Lipinski definition) is 2. The van der Waals surface area contributed by atoms with E-state index in [1.165, 1.54) is 4.90 Å². The van der Waals surface area contributed by atoms with E-state index in [1.54, 1.807) is 56.9 Å². The number of rotatable bonds is 6. The summed E-state index contributed by atoms with van der Waals surface area (Å²) in [4.78, 5) is 35.0. The Morgan fingerprint density at radius 3 is 2.60 bits per heavy atom. The number of carbonyl (C=O) groups excluding carboxylic acids is 2. The van der Waals surface area contributed by atoms with Gasteiger partial charge in [-0.3, -0.25) is 5.10 Å². The molecule has 12 heteroatoms. The van der Waals surface area contributed by atoms with Crippen molar-refractivity contribution in [1.29, 1.82) is 0 Å². The second-order valence-electron chi connectivity index (χ2n) is 9.51. The van der Waals surface area contributed by atoms with Crippen molar-refractivity contribution in [3.63, 3.8) is 0 Å². The third kappa shape index (κ3) is 5.69. The predicted octanol–water partition coefficient (Wildman–Crippen LogP) is 3.45. The van der Waals surface area contributed by atoms with Gasteiger partial charge in [0.2, 0.25) is 0 Å². The fourth-order valence-electron chi connectivity index (χ4n) is 3.79. The fourth-order valence-corrected chi connectivity index (χ4v) is 3.79. The minimum absolute atomic E-state index is 0.0335. The second-order valence-corrected chi connectivity index (χ2v) is 9.51. The summed E-state index contributed by atoms with van der Waals surface area (Å²) in [6.45, 7) is 7.80. The summed E-state index contributed by atoms with van der Waals surface area (Å²) < 4.78 is 27.8. The number of amides is 1. The smallest absolute Gasteiger partial charge is 0.410 e. The van der Waals surface area contributed by atoms with Gasteiger partial charge >= 0.3 is 12.1 Å². The zero-order valence-electron chi connectivity index (χ0n) is 20.3. The van der Waals surface area contributed by atoms with Crippen LogP contribution in [-0.4, -0.2) is 79.0 Å². The lowest BCUT2D eigenvalue weighted by atomic mass is 9.93. The van der Waals surface area contributed by atoms with Crippen molar-refractivity contribution >= 4 is 23.5 Å². The van der Waals surface area contributed by atoms with Crippen molar-refractivity contribution in [1.82, 2.24) is 29.5 Å². The normalized spacial score (nSPS) is 15.7. The van der Waals surface area contributed by atoms with Crippen LogP contribution in [0.2, 0.25) is 0 Å². The average Bonchev–Trinajstić information content (AvgIpc) is 3.47. The van der Waals surface area contributed by atoms with Crippen molar-refractivity contribution in [3.05, 3.63) is 30.5 Å². The summed E-state index contributed by atoms with van der Waals surface area (Å²) in [5.74, 6) is -0.227. The number of aromatic amines is 1. The molecule has 3 aromatic rings. The Kier molecular flexibility index (Phi) is 6.64. The van der Waals surface area contributed by atoms with Crippen LogP contribution in [-0.2, 0) is 9.47 Å². The first kappa shape index (κ1) is 24.4. The lowest BCUT2D eigenvalue weighted by Gasteiger charge is -2.37. The number of alkyl halides is 1. The third-order valence-electron chi connectivity index (χ3n) is 5.60. The molecule has 0 radical (unpaired) electrons. The molecule has 0 aliphatic carbocycles. The summed E-state index contributed by atoms with van der Waals surface area (Å²) in [5.41, 5.74) is -0.376. The molecule has 1 aliphatic heterocycles. The van der Waals surface area contributed by atoms with E-state index < -0.39 is 23.3 Å². The molecule has 0 unspecified atom stereocenters. The molecule has 188 valence electrons. The van der Waals surface area contributed by atoms with Crippen LogP contribution in [0.4, 0.5) is 15.0 Å². The van der Waals surface area contributed by atoms with Gasteiger partial charge in [-0.05, 0) is 27.7 Å². The van der Waals surface area contributed by atoms with Crippen LogP contribution in [0.5, 0.6) is 0 Å². The molecular formula is C23H30FN7O4. The number of nitrogens with zero attached hydrogens (tertiary/aromatic N) is 5. The van der Waals surface area contributed by atoms with Gasteiger partial charge in [0.05, 0.1) is 25.0 Å². The number of ether oxygens (including phenoxy) is 2. The molecule has 0 bridgehead atoms. The number of aromatic nitrogens is 5. The largest absolute Gasteiger partial charge is 0.461 e. The average molecular weight is 488 g/mol. The molecular weight excluding hydrogens is 457 g/mol. The van der Waals surface area contributed by atoms with E-state index >= 15 is 4.39 Å². The number of halogens is 1. The summed E-state index contributed by atoms with van der Waals surface area (Å²) in [6.07, 6.45) is 6.43. The van der Waals surface area contributed by atoms with E-state index in [4.69, 9.17) is 9.47 Å². The Morgan fingerprint density at radius 2 is 1.97 bits per heavy atom. The van der Waals surface area contributed by atoms with E-state index in [1.807, 2.05) is 0 Å². The quantitative estimate of drug-likeness (QED) is 0.506. The standard InChI is InChI=1S/C23H30FN7O4/c1-5-34-20(32)17-13-31-12-16(15-10-26-27-11-15)28-18(19(31)29-17)25-14-23(24)6-8-30(9-7-23)21(33)35-22(2,3)4/h10-13H,5-9,14H2,1-4H3,(H,25,28)(H,26,27). The van der Waals surface area contributed by atoms with Crippen molar-refractivity contribution in [2.24, 2.45) is 0 Å². The number of anilines is 1. The third-order valence-corrected chi connectivity index (χ3v) is 5.60. The maximum atomic E-state index is 15.7. The van der Waals surface area contributed by atoms with Crippen LogP contribution in [0.1, 0.15) is 51.0 Å². The number of fused-ring (bicyclic) bond motifs is 1. The first-order chi connectivity index (χ1) is 16.6. The monoisotopic (exact) mass is 487 g/mol. The fraction of sp³-hybridized carbons (Fsp3) is 0.522. The van der Waals surface area contributed by atoms with Crippen LogP contribution in [0.15, 0.2) is 24.8 Å². The van der Waals surface area contributed by atoms with Crippen LogP contribution < -0.4 is 5.32 Å². The molecule has 0 atom stereocenters. The number of carbonyl (C=O) groups is 2. The molecule has 3 aromatic heterocycles. The van der Waals surface area contributed by atoms with E-state index in [-0.39, 0.29) is 44.8 Å². The summed E-state index contributed by atoms with van der Waals surface area (Å²) in [6, 6.07) is 0. The Balaban J connectivity index is 1.52. The van der Waals surface area contributed by atoms with Gasteiger partial charge in [0.25, 0.3) is 0 Å². The molecule has 0 spiro atoms. The highest BCUT2D eigenvalue weighted by Crippen LogP contribution is 2.29. The highest BCUT2D eigenvalue weighted by Gasteiger charge is 2.37. The molecule has 0 saturated carbocycles. The molecule has 2 N–H and O–H groups in total. The number of esters is 1. The van der Waals surface area contributed by atoms with Crippen LogP contribution in [0.25, 0.3) is 16.9 Å². The zero-order chi connectivity index (χ0) is 25.2. The Bertz CT molecular complexity index is 1190. The molecule has 4 heterocycles. The molecule has 1 aliphatic rings. The zero-order valence-corrected chi connectivity index (χ0v) is 20.3. The number of hydrogen-bond acceptors (Lipinski definition) is 8. The highest BCUT2D eigenvalue weighted by atomic mass is 19.1. The van der Waals surface area contributed by atoms with E-state index in [0.29, 0.717) is 17.2 Å². The number of likely N-dealkylation sites (tertiary alicyclic amines) is 1. The van der Waals surface area contributed by atoms with Gasteiger partial charge in [0, 0.05) is 50.1 Å². The first-order valence-electron chi connectivity index (χ1n) is 11.5. The van der Waals surface area contributed by atoms with Gasteiger partial charge < -0.3 is 24.1 Å². The number of H-pyrrole nitrogens is 1. The predicted molar refractivity (Wildman–Crippen MR) is 126 cm³/mol. The van der Waals surface area contributed by atoms with Gasteiger partial charge in [-0.1, -0.05) is 0 Å². The molecule has 0 aromatic carbocycles. The van der Waals surface area contributed by atoms with Gasteiger partial charge in [0.1, 0.15) is 11.3 Å². The Morgan fingerprint density at radius 1 is 1.23 bits per heavy atom. The summed E-state index contributed by atoms with van der Waals surface area (Å²) in [5, 5.41) is 9.77. The summed E-state index contributed by atoms with van der Waals surface area (Å²) in [7, 11) is 0. The number of nitrogens with one attached hydrogen (secondary N) is 2. The van der Waals surface area contributed by atoms with Crippen molar-refractivity contribution in [3.8, 4) is 11.3 Å². The van der Waals surface area contributed by atoms with E-state index in [2.05, 4.69) is 25.5 Å². The van der Waals surface area contributed by atoms with Crippen LogP contribution in [0, 0.1) is 0 Å². The molecule has 11 nitrogen and oxygen atoms in total. The van der Waals surface area contributed by atoms with E-state index in [0.717, 1.165) is 5.56 Å². The van der Waals surface area contributed by atoms with Crippen molar-refractivity contribution in [2.45, 2.75) is 51.8 Å². The molecule has 1 fully saturated rings. The SMILES string of the molecule is CCOC(=O)c1cn2cc(-c3cn[nH]c3)nc(NCC3(F)CCN(C(=O)OC(C)(C)C)CC3)c2n1. The Labute approximate surface area is 202 Å².